The van der Waals surface area contributed by atoms with Crippen molar-refractivity contribution in [2.24, 2.45) is 7.05 Å². The number of halogens is 1. The molecule has 2 aromatic rings. The molecule has 0 fully saturated rings. The van der Waals surface area contributed by atoms with Gasteiger partial charge in [-0.1, -0.05) is 11.6 Å². The largest absolute Gasteiger partial charge is 0.494 e. The Hall–Kier alpha value is -1.68. The molecule has 4 nitrogen and oxygen atoms in total. The van der Waals surface area contributed by atoms with Crippen molar-refractivity contribution in [2.45, 2.75) is 6.92 Å². The number of benzene rings is 1. The number of nitrogens with zero attached hydrogens (tertiary/aromatic N) is 1. The number of hydrogen-bond donors (Lipinski definition) is 1. The van der Waals surface area contributed by atoms with Gasteiger partial charge in [0.1, 0.15) is 16.5 Å². The Morgan fingerprint density at radius 3 is 2.82 bits per heavy atom. The van der Waals surface area contributed by atoms with Crippen LogP contribution in [-0.4, -0.2) is 22.2 Å². The molecule has 1 aromatic carbocycles. The van der Waals surface area contributed by atoms with Gasteiger partial charge in [-0.05, 0) is 25.1 Å². The molecule has 0 spiro atoms. The Kier molecular flexibility index (Phi) is 2.98. The van der Waals surface area contributed by atoms with Crippen LogP contribution in [0.1, 0.15) is 17.3 Å². The lowest BCUT2D eigenvalue weighted by Gasteiger charge is -2.03. The zero-order valence-corrected chi connectivity index (χ0v) is 10.3. The Morgan fingerprint density at radius 2 is 2.24 bits per heavy atom. The maximum atomic E-state index is 11.2. The summed E-state index contributed by atoms with van der Waals surface area (Å²) in [5.74, 6) is -0.390. The minimum Gasteiger partial charge on any atom is -0.494 e. The molecular weight excluding hydrogens is 242 g/mol. The average Bonchev–Trinajstić information content (AvgIpc) is 2.52. The van der Waals surface area contributed by atoms with Crippen LogP contribution in [0.2, 0.25) is 5.15 Å². The van der Waals surface area contributed by atoms with Gasteiger partial charge in [0.05, 0.1) is 12.1 Å². The highest BCUT2D eigenvalue weighted by Crippen LogP contribution is 2.31. The second-order valence-electron chi connectivity index (χ2n) is 3.64. The van der Waals surface area contributed by atoms with Crippen LogP contribution in [0, 0.1) is 0 Å². The molecule has 90 valence electrons. The van der Waals surface area contributed by atoms with Crippen LogP contribution in [0.5, 0.6) is 5.75 Å². The van der Waals surface area contributed by atoms with E-state index in [1.54, 1.807) is 29.8 Å². The molecule has 0 saturated heterocycles. The Bertz CT molecular complexity index is 589. The van der Waals surface area contributed by atoms with Crippen molar-refractivity contribution >= 4 is 28.5 Å². The predicted octanol–water partition coefficient (Wildman–Crippen LogP) is 2.93. The quantitative estimate of drug-likeness (QED) is 0.915. The number of rotatable bonds is 3. The molecule has 1 heterocycles. The van der Waals surface area contributed by atoms with Crippen LogP contribution in [0.4, 0.5) is 0 Å². The molecule has 0 radical (unpaired) electrons. The molecule has 5 heteroatoms. The van der Waals surface area contributed by atoms with E-state index in [0.717, 1.165) is 5.52 Å². The lowest BCUT2D eigenvalue weighted by atomic mass is 10.1. The van der Waals surface area contributed by atoms with E-state index in [9.17, 15) is 4.79 Å². The zero-order chi connectivity index (χ0) is 12.6. The first kappa shape index (κ1) is 11.8. The van der Waals surface area contributed by atoms with Crippen molar-refractivity contribution in [2.75, 3.05) is 6.61 Å². The van der Waals surface area contributed by atoms with Gasteiger partial charge in [-0.15, -0.1) is 0 Å². The van der Waals surface area contributed by atoms with Gasteiger partial charge in [0, 0.05) is 12.4 Å². The number of carboxylic acids is 1. The summed E-state index contributed by atoms with van der Waals surface area (Å²) < 4.78 is 7.00. The lowest BCUT2D eigenvalue weighted by molar-refractivity contribution is 0.0699. The Balaban J connectivity index is 2.74. The smallest absolute Gasteiger partial charge is 0.339 e. The van der Waals surface area contributed by atoms with Crippen LogP contribution in [-0.2, 0) is 7.05 Å². The number of aromatic carboxylic acids is 1. The van der Waals surface area contributed by atoms with E-state index >= 15 is 0 Å². The molecule has 0 unspecified atom stereocenters. The van der Waals surface area contributed by atoms with Gasteiger partial charge in [-0.25, -0.2) is 4.79 Å². The third kappa shape index (κ3) is 1.85. The summed E-state index contributed by atoms with van der Waals surface area (Å²) in [6.07, 6.45) is 0. The molecule has 0 aliphatic heterocycles. The van der Waals surface area contributed by atoms with Gasteiger partial charge in [0.25, 0.3) is 0 Å². The standard InChI is InChI=1S/C12H12ClNO3/c1-3-17-7-4-5-9-8(6-7)10(12(15)16)11(13)14(9)2/h4-6H,3H2,1-2H3,(H,15,16). The number of hydrogen-bond acceptors (Lipinski definition) is 2. The highest BCUT2D eigenvalue weighted by Gasteiger charge is 2.19. The van der Waals surface area contributed by atoms with Gasteiger partial charge in [-0.2, -0.15) is 0 Å². The number of carbonyl (C=O) groups is 1. The summed E-state index contributed by atoms with van der Waals surface area (Å²) in [7, 11) is 1.73. The maximum Gasteiger partial charge on any atom is 0.339 e. The first-order chi connectivity index (χ1) is 8.06. The van der Waals surface area contributed by atoms with Gasteiger partial charge in [0.15, 0.2) is 0 Å². The van der Waals surface area contributed by atoms with E-state index in [4.69, 9.17) is 21.4 Å². The first-order valence-electron chi connectivity index (χ1n) is 5.20. The molecule has 2 rings (SSSR count). The van der Waals surface area contributed by atoms with E-state index in [1.807, 2.05) is 6.92 Å². The van der Waals surface area contributed by atoms with E-state index in [2.05, 4.69) is 0 Å². The first-order valence-corrected chi connectivity index (χ1v) is 5.58. The summed E-state index contributed by atoms with van der Waals surface area (Å²) in [4.78, 5) is 11.2. The molecule has 1 aromatic heterocycles. The number of ether oxygens (including phenoxy) is 1. The highest BCUT2D eigenvalue weighted by molar-refractivity contribution is 6.35. The summed E-state index contributed by atoms with van der Waals surface area (Å²) in [6.45, 7) is 2.41. The van der Waals surface area contributed by atoms with E-state index < -0.39 is 5.97 Å². The molecule has 0 saturated carbocycles. The van der Waals surface area contributed by atoms with Crippen LogP contribution >= 0.6 is 11.6 Å². The molecule has 0 aliphatic carbocycles. The molecule has 0 aliphatic rings. The summed E-state index contributed by atoms with van der Waals surface area (Å²) in [5, 5.41) is 9.98. The Morgan fingerprint density at radius 1 is 1.53 bits per heavy atom. The van der Waals surface area contributed by atoms with E-state index in [-0.39, 0.29) is 10.7 Å². The van der Waals surface area contributed by atoms with Gasteiger partial charge in [-0.3, -0.25) is 0 Å². The summed E-state index contributed by atoms with van der Waals surface area (Å²) in [5.41, 5.74) is 0.890. The number of fused-ring (bicyclic) bond motifs is 1. The molecule has 1 N–H and O–H groups in total. The second kappa shape index (κ2) is 4.30. The fourth-order valence-electron chi connectivity index (χ4n) is 1.85. The topological polar surface area (TPSA) is 51.5 Å². The lowest BCUT2D eigenvalue weighted by Crippen LogP contribution is -1.96. The fraction of sp³-hybridized carbons (Fsp3) is 0.250. The van der Waals surface area contributed by atoms with Crippen molar-refractivity contribution in [3.05, 3.63) is 28.9 Å². The molecular formula is C12H12ClNO3. The normalized spacial score (nSPS) is 10.8. The Labute approximate surface area is 103 Å². The molecule has 0 bridgehead atoms. The fourth-order valence-corrected chi connectivity index (χ4v) is 2.13. The van der Waals surface area contributed by atoms with Gasteiger partial charge >= 0.3 is 5.97 Å². The average molecular weight is 254 g/mol. The van der Waals surface area contributed by atoms with Crippen LogP contribution in [0.25, 0.3) is 10.9 Å². The van der Waals surface area contributed by atoms with Crippen molar-refractivity contribution in [1.29, 1.82) is 0 Å². The molecule has 0 amide bonds. The van der Waals surface area contributed by atoms with E-state index in [1.165, 1.54) is 0 Å². The second-order valence-corrected chi connectivity index (χ2v) is 4.00. The third-order valence-corrected chi connectivity index (χ3v) is 3.07. The molecule has 0 atom stereocenters. The number of carboxylic acid groups (broad SMARTS) is 1. The highest BCUT2D eigenvalue weighted by atomic mass is 35.5. The molecule has 17 heavy (non-hydrogen) atoms. The third-order valence-electron chi connectivity index (χ3n) is 2.62. The van der Waals surface area contributed by atoms with Crippen molar-refractivity contribution in [3.8, 4) is 5.75 Å². The van der Waals surface area contributed by atoms with Gasteiger partial charge < -0.3 is 14.4 Å². The summed E-state index contributed by atoms with van der Waals surface area (Å²) in [6, 6.07) is 5.31. The van der Waals surface area contributed by atoms with Crippen LogP contribution in [0.15, 0.2) is 18.2 Å². The minimum atomic E-state index is -1.03. The van der Waals surface area contributed by atoms with Gasteiger partial charge in [0.2, 0.25) is 0 Å². The number of aromatic nitrogens is 1. The van der Waals surface area contributed by atoms with Crippen molar-refractivity contribution in [1.82, 2.24) is 4.57 Å². The van der Waals surface area contributed by atoms with E-state index in [0.29, 0.717) is 17.7 Å². The SMILES string of the molecule is CCOc1ccc2c(c1)c(C(=O)O)c(Cl)n2C. The van der Waals surface area contributed by atoms with Crippen molar-refractivity contribution < 1.29 is 14.6 Å². The van der Waals surface area contributed by atoms with Crippen LogP contribution < -0.4 is 4.74 Å². The number of aryl methyl sites for hydroxylation is 1. The monoisotopic (exact) mass is 253 g/mol. The predicted molar refractivity (Wildman–Crippen MR) is 66.1 cm³/mol. The van der Waals surface area contributed by atoms with Crippen molar-refractivity contribution in [3.63, 3.8) is 0 Å². The summed E-state index contributed by atoms with van der Waals surface area (Å²) >= 11 is 6.00. The zero-order valence-electron chi connectivity index (χ0n) is 9.53. The maximum absolute atomic E-state index is 11.2. The minimum absolute atomic E-state index is 0.116. The van der Waals surface area contributed by atoms with Crippen LogP contribution in [0.3, 0.4) is 0 Å².